The standard InChI is InChI=1S/C25H26N2O4/c1-16-6-3-4-8-20(16)21-11-12-26-23-14-19(9-10-22(21)23)31-17(2)24(28)27-13-5-7-18(15-27)25(29)30/h3-4,6,8-12,14,17-18H,5,7,13,15H2,1-2H3,(H,29,30)/t17?,18-/m0/s1. The largest absolute Gasteiger partial charge is 0.481 e. The summed E-state index contributed by atoms with van der Waals surface area (Å²) >= 11 is 0. The smallest absolute Gasteiger partial charge is 0.308 e. The fraction of sp³-hybridized carbons (Fsp3) is 0.320. The molecule has 31 heavy (non-hydrogen) atoms. The number of ether oxygens (including phenoxy) is 1. The van der Waals surface area contributed by atoms with Gasteiger partial charge in [0.1, 0.15) is 5.75 Å². The molecule has 0 saturated carbocycles. The van der Waals surface area contributed by atoms with Crippen molar-refractivity contribution < 1.29 is 19.4 Å². The molecule has 160 valence electrons. The third-order valence-electron chi connectivity index (χ3n) is 5.89. The van der Waals surface area contributed by atoms with E-state index in [1.165, 1.54) is 5.56 Å². The van der Waals surface area contributed by atoms with Gasteiger partial charge in [0.15, 0.2) is 6.10 Å². The number of rotatable bonds is 5. The minimum atomic E-state index is -0.851. The first-order valence-electron chi connectivity index (χ1n) is 10.6. The van der Waals surface area contributed by atoms with Crippen molar-refractivity contribution in [3.05, 3.63) is 60.3 Å². The van der Waals surface area contributed by atoms with Crippen LogP contribution in [0, 0.1) is 12.8 Å². The van der Waals surface area contributed by atoms with Crippen LogP contribution in [-0.4, -0.2) is 46.1 Å². The molecule has 3 aromatic rings. The van der Waals surface area contributed by atoms with Crippen molar-refractivity contribution in [3.63, 3.8) is 0 Å². The second-order valence-corrected chi connectivity index (χ2v) is 8.07. The van der Waals surface area contributed by atoms with Crippen LogP contribution in [0.25, 0.3) is 22.0 Å². The average molecular weight is 418 g/mol. The monoisotopic (exact) mass is 418 g/mol. The Morgan fingerprint density at radius 1 is 1.16 bits per heavy atom. The number of piperidine rings is 1. The number of carbonyl (C=O) groups is 2. The predicted octanol–water partition coefficient (Wildman–Crippen LogP) is 4.30. The maximum Gasteiger partial charge on any atom is 0.308 e. The Balaban J connectivity index is 1.53. The second-order valence-electron chi connectivity index (χ2n) is 8.07. The van der Waals surface area contributed by atoms with Crippen LogP contribution >= 0.6 is 0 Å². The molecule has 1 aliphatic heterocycles. The van der Waals surface area contributed by atoms with Gasteiger partial charge in [-0.25, -0.2) is 0 Å². The molecule has 1 amide bonds. The summed E-state index contributed by atoms with van der Waals surface area (Å²) in [5.41, 5.74) is 4.24. The molecule has 6 nitrogen and oxygen atoms in total. The lowest BCUT2D eigenvalue weighted by atomic mass is 9.97. The molecule has 1 aliphatic rings. The van der Waals surface area contributed by atoms with Gasteiger partial charge in [-0.15, -0.1) is 0 Å². The number of aromatic nitrogens is 1. The number of nitrogens with zero attached hydrogens (tertiary/aromatic N) is 2. The molecule has 0 bridgehead atoms. The van der Waals surface area contributed by atoms with Crippen LogP contribution in [0.1, 0.15) is 25.3 Å². The van der Waals surface area contributed by atoms with Gasteiger partial charge in [0.25, 0.3) is 5.91 Å². The van der Waals surface area contributed by atoms with E-state index in [2.05, 4.69) is 24.0 Å². The first-order chi connectivity index (χ1) is 14.9. The normalized spacial score (nSPS) is 17.4. The van der Waals surface area contributed by atoms with E-state index in [0.29, 0.717) is 25.1 Å². The van der Waals surface area contributed by atoms with Gasteiger partial charge in [-0.3, -0.25) is 14.6 Å². The molecule has 1 aromatic heterocycles. The molecular formula is C25H26N2O4. The van der Waals surface area contributed by atoms with E-state index >= 15 is 0 Å². The average Bonchev–Trinajstić information content (AvgIpc) is 2.78. The Hall–Kier alpha value is -3.41. The summed E-state index contributed by atoms with van der Waals surface area (Å²) in [5, 5.41) is 10.3. The Kier molecular flexibility index (Phi) is 5.89. The minimum Gasteiger partial charge on any atom is -0.481 e. The van der Waals surface area contributed by atoms with Gasteiger partial charge in [0.05, 0.1) is 11.4 Å². The van der Waals surface area contributed by atoms with E-state index in [4.69, 9.17) is 4.74 Å². The highest BCUT2D eigenvalue weighted by molar-refractivity contribution is 5.95. The third-order valence-corrected chi connectivity index (χ3v) is 5.89. The van der Waals surface area contributed by atoms with Gasteiger partial charge in [0, 0.05) is 30.7 Å². The zero-order valence-corrected chi connectivity index (χ0v) is 17.7. The summed E-state index contributed by atoms with van der Waals surface area (Å²) in [6.07, 6.45) is 2.37. The Morgan fingerprint density at radius 3 is 2.74 bits per heavy atom. The van der Waals surface area contributed by atoms with Crippen LogP contribution in [0.3, 0.4) is 0 Å². The van der Waals surface area contributed by atoms with Crippen molar-refractivity contribution in [2.24, 2.45) is 5.92 Å². The first-order valence-corrected chi connectivity index (χ1v) is 10.6. The van der Waals surface area contributed by atoms with E-state index < -0.39 is 18.0 Å². The van der Waals surface area contributed by atoms with Gasteiger partial charge in [0.2, 0.25) is 0 Å². The number of carbonyl (C=O) groups excluding carboxylic acids is 1. The van der Waals surface area contributed by atoms with Crippen molar-refractivity contribution >= 4 is 22.8 Å². The van der Waals surface area contributed by atoms with E-state index in [9.17, 15) is 14.7 Å². The molecule has 4 rings (SSSR count). The molecule has 2 atom stereocenters. The first kappa shape index (κ1) is 20.8. The number of pyridine rings is 1. The number of carboxylic acid groups (broad SMARTS) is 1. The number of benzene rings is 2. The summed E-state index contributed by atoms with van der Waals surface area (Å²) in [7, 11) is 0. The van der Waals surface area contributed by atoms with Crippen LogP contribution in [-0.2, 0) is 9.59 Å². The lowest BCUT2D eigenvalue weighted by Crippen LogP contribution is -2.47. The third kappa shape index (κ3) is 4.38. The number of hydrogen-bond acceptors (Lipinski definition) is 4. The molecule has 6 heteroatoms. The minimum absolute atomic E-state index is 0.187. The predicted molar refractivity (Wildman–Crippen MR) is 119 cm³/mol. The molecule has 1 unspecified atom stereocenters. The SMILES string of the molecule is Cc1ccccc1-c1ccnc2cc(OC(C)C(=O)N3CCC[C@H](C(=O)O)C3)ccc12. The molecule has 2 heterocycles. The highest BCUT2D eigenvalue weighted by Gasteiger charge is 2.31. The molecule has 1 saturated heterocycles. The van der Waals surface area contributed by atoms with Crippen LogP contribution < -0.4 is 4.74 Å². The Morgan fingerprint density at radius 2 is 1.97 bits per heavy atom. The molecule has 2 aromatic carbocycles. The molecule has 0 radical (unpaired) electrons. The summed E-state index contributed by atoms with van der Waals surface area (Å²) in [6.45, 7) is 4.59. The second kappa shape index (κ2) is 8.76. The number of aliphatic carboxylic acids is 1. The summed E-state index contributed by atoms with van der Waals surface area (Å²) in [5.74, 6) is -0.979. The summed E-state index contributed by atoms with van der Waals surface area (Å²) in [6, 6.07) is 15.9. The molecule has 1 N–H and O–H groups in total. The van der Waals surface area contributed by atoms with Crippen molar-refractivity contribution in [1.82, 2.24) is 9.88 Å². The van der Waals surface area contributed by atoms with Gasteiger partial charge in [-0.05, 0) is 61.6 Å². The van der Waals surface area contributed by atoms with E-state index in [1.807, 2.05) is 36.4 Å². The zero-order valence-electron chi connectivity index (χ0n) is 17.7. The number of aryl methyl sites for hydroxylation is 1. The quantitative estimate of drug-likeness (QED) is 0.668. The lowest BCUT2D eigenvalue weighted by Gasteiger charge is -2.32. The van der Waals surface area contributed by atoms with Gasteiger partial charge < -0.3 is 14.7 Å². The lowest BCUT2D eigenvalue weighted by molar-refractivity contribution is -0.147. The van der Waals surface area contributed by atoms with Crippen LogP contribution in [0.5, 0.6) is 5.75 Å². The van der Waals surface area contributed by atoms with E-state index in [-0.39, 0.29) is 12.5 Å². The van der Waals surface area contributed by atoms with Gasteiger partial charge in [-0.2, -0.15) is 0 Å². The van der Waals surface area contributed by atoms with Crippen molar-refractivity contribution in [2.45, 2.75) is 32.8 Å². The number of amides is 1. The molecule has 0 spiro atoms. The van der Waals surface area contributed by atoms with E-state index in [0.717, 1.165) is 22.0 Å². The summed E-state index contributed by atoms with van der Waals surface area (Å²) in [4.78, 5) is 30.2. The molecule has 1 fully saturated rings. The topological polar surface area (TPSA) is 79.7 Å². The number of fused-ring (bicyclic) bond motifs is 1. The highest BCUT2D eigenvalue weighted by Crippen LogP contribution is 2.31. The number of carboxylic acids is 1. The van der Waals surface area contributed by atoms with Crippen molar-refractivity contribution in [2.75, 3.05) is 13.1 Å². The molecular weight excluding hydrogens is 392 g/mol. The Bertz CT molecular complexity index is 1130. The number of likely N-dealkylation sites (tertiary alicyclic amines) is 1. The van der Waals surface area contributed by atoms with Crippen LogP contribution in [0.15, 0.2) is 54.7 Å². The van der Waals surface area contributed by atoms with E-state index in [1.54, 1.807) is 18.0 Å². The number of hydrogen-bond donors (Lipinski definition) is 1. The maximum atomic E-state index is 12.8. The fourth-order valence-corrected chi connectivity index (χ4v) is 4.20. The maximum absolute atomic E-state index is 12.8. The Labute approximate surface area is 181 Å². The van der Waals surface area contributed by atoms with Crippen LogP contribution in [0.4, 0.5) is 0 Å². The van der Waals surface area contributed by atoms with Gasteiger partial charge in [-0.1, -0.05) is 24.3 Å². The zero-order chi connectivity index (χ0) is 22.0. The highest BCUT2D eigenvalue weighted by atomic mass is 16.5. The molecule has 0 aliphatic carbocycles. The fourth-order valence-electron chi connectivity index (χ4n) is 4.20. The van der Waals surface area contributed by atoms with Crippen molar-refractivity contribution in [1.29, 1.82) is 0 Å². The van der Waals surface area contributed by atoms with Crippen molar-refractivity contribution in [3.8, 4) is 16.9 Å². The summed E-state index contributed by atoms with van der Waals surface area (Å²) < 4.78 is 5.92. The van der Waals surface area contributed by atoms with Crippen LogP contribution in [0.2, 0.25) is 0 Å². The van der Waals surface area contributed by atoms with Gasteiger partial charge >= 0.3 is 5.97 Å².